The Balaban J connectivity index is 2.72. The molecule has 10 nitrogen and oxygen atoms in total. The highest BCUT2D eigenvalue weighted by Crippen LogP contribution is 2.29. The zero-order valence-corrected chi connectivity index (χ0v) is 16.6. The first-order chi connectivity index (χ1) is 13.3. The number of nitrogens with two attached hydrogens (primary N) is 2. The highest BCUT2D eigenvalue weighted by Gasteiger charge is 2.31. The van der Waals surface area contributed by atoms with Crippen molar-refractivity contribution < 1.29 is 38.1 Å². The highest BCUT2D eigenvalue weighted by molar-refractivity contribution is 8.26. The topological polar surface area (TPSA) is 157 Å². The molecule has 0 atom stereocenters. The van der Waals surface area contributed by atoms with Crippen molar-refractivity contribution in [3.8, 4) is 0 Å². The second-order valence-corrected chi connectivity index (χ2v) is 7.60. The van der Waals surface area contributed by atoms with Gasteiger partial charge in [-0.1, -0.05) is 0 Å². The average Bonchev–Trinajstić information content (AvgIpc) is 2.61. The fourth-order valence-electron chi connectivity index (χ4n) is 2.45. The summed E-state index contributed by atoms with van der Waals surface area (Å²) in [6.07, 6.45) is 1.17. The van der Waals surface area contributed by atoms with Crippen LogP contribution in [0.5, 0.6) is 0 Å². The Morgan fingerprint density at radius 3 is 1.71 bits per heavy atom. The molecule has 0 aromatic heterocycles. The lowest BCUT2D eigenvalue weighted by molar-refractivity contribution is -0.120. The van der Waals surface area contributed by atoms with Gasteiger partial charge in [0.05, 0.1) is 26.4 Å². The molecule has 4 N–H and O–H groups in total. The molecule has 0 aromatic rings. The molecule has 0 saturated carbocycles. The molecule has 1 aliphatic heterocycles. The Morgan fingerprint density at radius 2 is 1.32 bits per heavy atom. The van der Waals surface area contributed by atoms with E-state index in [1.54, 1.807) is 0 Å². The largest absolute Gasteiger partial charge is 0.380 e. The van der Waals surface area contributed by atoms with Crippen LogP contribution in [0.2, 0.25) is 0 Å². The van der Waals surface area contributed by atoms with Crippen molar-refractivity contribution in [2.75, 3.05) is 52.9 Å². The number of hydrogen-bond acceptors (Lipinski definition) is 9. The van der Waals surface area contributed by atoms with Crippen molar-refractivity contribution >= 4 is 33.8 Å². The van der Waals surface area contributed by atoms with E-state index in [0.717, 1.165) is 0 Å². The van der Waals surface area contributed by atoms with Crippen LogP contribution in [0.3, 0.4) is 0 Å². The fraction of sp³-hybridized carbons (Fsp3) is 0.765. The van der Waals surface area contributed by atoms with E-state index >= 15 is 0 Å². The van der Waals surface area contributed by atoms with Crippen molar-refractivity contribution in [1.29, 1.82) is 0 Å². The molecule has 0 radical (unpaired) electrons. The number of carbonyl (C=O) groups excluding carboxylic acids is 4. The molecule has 1 fully saturated rings. The van der Waals surface area contributed by atoms with Gasteiger partial charge in [-0.3, -0.25) is 19.2 Å². The van der Waals surface area contributed by atoms with Gasteiger partial charge in [-0.05, 0) is 24.6 Å². The summed E-state index contributed by atoms with van der Waals surface area (Å²) in [5.74, 6) is -0.932. The fourth-order valence-corrected chi connectivity index (χ4v) is 2.99. The molecule has 11 heteroatoms. The third-order valence-electron chi connectivity index (χ3n) is 4.02. The minimum Gasteiger partial charge on any atom is -0.380 e. The lowest BCUT2D eigenvalue weighted by atomic mass is 9.83. The van der Waals surface area contributed by atoms with Crippen LogP contribution in [-0.2, 0) is 38.1 Å². The second kappa shape index (κ2) is 13.6. The first-order valence-corrected chi connectivity index (χ1v) is 9.76. The standard InChI is InChI=1S/C17H28N2O8S/c18-13(20)1-5-26-11-17(12-27-6-2-14(19)21)3-7-24-9-15(22)28-16(23)10-25-8-4-17/h1-12H2,(H2,18,20)(H2,19,21). The number of carbonyl (C=O) groups is 4. The summed E-state index contributed by atoms with van der Waals surface area (Å²) in [5, 5.41) is -0.759. The van der Waals surface area contributed by atoms with Gasteiger partial charge in [0.25, 0.3) is 0 Å². The van der Waals surface area contributed by atoms with Gasteiger partial charge in [0.15, 0.2) is 0 Å². The van der Waals surface area contributed by atoms with E-state index in [0.29, 0.717) is 24.6 Å². The van der Waals surface area contributed by atoms with Gasteiger partial charge in [0.1, 0.15) is 13.2 Å². The molecule has 1 aliphatic rings. The number of thioether (sulfide) groups is 1. The Labute approximate surface area is 167 Å². The predicted molar refractivity (Wildman–Crippen MR) is 100 cm³/mol. The lowest BCUT2D eigenvalue weighted by Crippen LogP contribution is -2.36. The molecule has 0 aromatic carbocycles. The number of hydrogen-bond donors (Lipinski definition) is 2. The van der Waals surface area contributed by atoms with Crippen LogP contribution in [-0.4, -0.2) is 74.9 Å². The number of rotatable bonds is 10. The lowest BCUT2D eigenvalue weighted by Gasteiger charge is -2.33. The molecule has 0 bridgehead atoms. The molecule has 160 valence electrons. The van der Waals surface area contributed by atoms with Crippen molar-refractivity contribution in [2.24, 2.45) is 16.9 Å². The minimum absolute atomic E-state index is 0.0891. The average molecular weight is 420 g/mol. The molecule has 1 heterocycles. The molecule has 0 aliphatic carbocycles. The molecule has 28 heavy (non-hydrogen) atoms. The maximum absolute atomic E-state index is 11.6. The number of ether oxygens (including phenoxy) is 4. The van der Waals surface area contributed by atoms with Gasteiger partial charge in [-0.25, -0.2) is 0 Å². The van der Waals surface area contributed by atoms with Crippen LogP contribution in [0, 0.1) is 5.41 Å². The zero-order chi connectivity index (χ0) is 20.8. The summed E-state index contributed by atoms with van der Waals surface area (Å²) in [6.45, 7) is 0.925. The third kappa shape index (κ3) is 11.3. The van der Waals surface area contributed by atoms with Crippen molar-refractivity contribution in [2.45, 2.75) is 25.7 Å². The van der Waals surface area contributed by atoms with Crippen molar-refractivity contribution in [3.63, 3.8) is 0 Å². The molecule has 0 unspecified atom stereocenters. The molecule has 1 saturated heterocycles. The van der Waals surface area contributed by atoms with E-state index in [4.69, 9.17) is 30.4 Å². The van der Waals surface area contributed by atoms with E-state index in [2.05, 4.69) is 0 Å². The first-order valence-electron chi connectivity index (χ1n) is 8.94. The Morgan fingerprint density at radius 1 is 0.893 bits per heavy atom. The minimum atomic E-state index is -0.548. The molecular weight excluding hydrogens is 392 g/mol. The summed E-state index contributed by atoms with van der Waals surface area (Å²) >= 11 is 0.588. The smallest absolute Gasteiger partial charge is 0.222 e. The molecule has 0 spiro atoms. The van der Waals surface area contributed by atoms with E-state index in [1.165, 1.54) is 0 Å². The number of amides is 2. The van der Waals surface area contributed by atoms with Gasteiger partial charge >= 0.3 is 0 Å². The summed E-state index contributed by atoms with van der Waals surface area (Å²) in [5.41, 5.74) is 9.69. The Hall–Kier alpha value is -1.53. The number of primary amides is 2. The van der Waals surface area contributed by atoms with E-state index in [9.17, 15) is 19.2 Å². The van der Waals surface area contributed by atoms with E-state index < -0.39 is 17.2 Å². The maximum Gasteiger partial charge on any atom is 0.222 e. The molecule has 1 rings (SSSR count). The van der Waals surface area contributed by atoms with Crippen molar-refractivity contribution in [1.82, 2.24) is 0 Å². The summed E-state index contributed by atoms with van der Waals surface area (Å²) in [7, 11) is 0. The van der Waals surface area contributed by atoms with Gasteiger partial charge in [-0.2, -0.15) is 0 Å². The third-order valence-corrected chi connectivity index (χ3v) is 4.71. The SMILES string of the molecule is NC(=O)CCOCC1(COCCC(N)=O)CCOCC(=O)SC(=O)COCC1. The maximum atomic E-state index is 11.6. The molecule has 2 amide bonds. The monoisotopic (exact) mass is 420 g/mol. The van der Waals surface area contributed by atoms with E-state index in [-0.39, 0.29) is 75.9 Å². The highest BCUT2D eigenvalue weighted by atomic mass is 32.2. The van der Waals surface area contributed by atoms with Crippen LogP contribution < -0.4 is 11.5 Å². The van der Waals surface area contributed by atoms with Crippen LogP contribution in [0.4, 0.5) is 0 Å². The first kappa shape index (κ1) is 24.5. The summed E-state index contributed by atoms with van der Waals surface area (Å²) < 4.78 is 22.0. The van der Waals surface area contributed by atoms with Gasteiger partial charge in [0.2, 0.25) is 22.0 Å². The van der Waals surface area contributed by atoms with Gasteiger partial charge in [0, 0.05) is 31.5 Å². The Bertz CT molecular complexity index is 490. The quantitative estimate of drug-likeness (QED) is 0.439. The Kier molecular flexibility index (Phi) is 11.9. The van der Waals surface area contributed by atoms with Gasteiger partial charge in [-0.15, -0.1) is 0 Å². The van der Waals surface area contributed by atoms with Crippen LogP contribution in [0.1, 0.15) is 25.7 Å². The van der Waals surface area contributed by atoms with Crippen LogP contribution in [0.15, 0.2) is 0 Å². The van der Waals surface area contributed by atoms with Crippen molar-refractivity contribution in [3.05, 3.63) is 0 Å². The summed E-state index contributed by atoms with van der Waals surface area (Å²) in [4.78, 5) is 45.1. The van der Waals surface area contributed by atoms with Crippen LogP contribution in [0.25, 0.3) is 0 Å². The second-order valence-electron chi connectivity index (χ2n) is 6.49. The zero-order valence-electron chi connectivity index (χ0n) is 15.8. The van der Waals surface area contributed by atoms with Gasteiger partial charge < -0.3 is 30.4 Å². The normalized spacial score (nSPS) is 18.9. The molecular formula is C17H28N2O8S. The summed E-state index contributed by atoms with van der Waals surface area (Å²) in [6, 6.07) is 0. The predicted octanol–water partition coefficient (Wildman–Crippen LogP) is -0.630. The van der Waals surface area contributed by atoms with Crippen LogP contribution >= 0.6 is 11.8 Å². The van der Waals surface area contributed by atoms with E-state index in [1.807, 2.05) is 0 Å².